The minimum Gasteiger partial charge on any atom is -0.318 e. The van der Waals surface area contributed by atoms with Gasteiger partial charge in [0.25, 0.3) is 11.7 Å². The summed E-state index contributed by atoms with van der Waals surface area (Å²) in [4.78, 5) is 22.9. The maximum Gasteiger partial charge on any atom is 0.296 e. The van der Waals surface area contributed by atoms with Gasteiger partial charge in [-0.05, 0) is 39.9 Å². The molecule has 1 N–H and O–H groups in total. The molecular formula is C8H4ClNO2S. The summed E-state index contributed by atoms with van der Waals surface area (Å²) in [5.41, 5.74) is 0.958. The van der Waals surface area contributed by atoms with Crippen LogP contribution in [0.25, 0.3) is 0 Å². The lowest BCUT2D eigenvalue weighted by atomic mass is 10.1. The molecule has 0 bridgehead atoms. The number of hydrogen-bond donors (Lipinski definition) is 1. The van der Waals surface area contributed by atoms with Crippen molar-refractivity contribution in [2.24, 2.45) is 0 Å². The number of amides is 1. The minimum absolute atomic E-state index is 0.399. The van der Waals surface area contributed by atoms with Crippen LogP contribution in [0, 0.1) is 0 Å². The van der Waals surface area contributed by atoms with E-state index in [9.17, 15) is 9.59 Å². The van der Waals surface area contributed by atoms with E-state index >= 15 is 0 Å². The summed E-state index contributed by atoms with van der Waals surface area (Å²) < 4.78 is 0. The number of rotatable bonds is 1. The Morgan fingerprint density at radius 1 is 1.31 bits per heavy atom. The zero-order valence-corrected chi connectivity index (χ0v) is 7.91. The third-order valence-corrected chi connectivity index (χ3v) is 2.75. The standard InChI is InChI=1S/C8H4ClNO2S/c9-13-4-1-2-6-5(3-4)7(11)8(12)10-6/h1-3H,(H,10,11,12). The molecule has 0 saturated heterocycles. The molecule has 1 aromatic rings. The Morgan fingerprint density at radius 3 is 2.77 bits per heavy atom. The number of Topliss-reactive ketones (excluding diaryl/α,β-unsaturated/α-hetero) is 1. The Bertz CT molecular complexity index is 405. The van der Waals surface area contributed by atoms with Gasteiger partial charge in [-0.2, -0.15) is 0 Å². The van der Waals surface area contributed by atoms with Gasteiger partial charge in [0.1, 0.15) is 0 Å². The van der Waals surface area contributed by atoms with Crippen LogP contribution >= 0.6 is 21.7 Å². The van der Waals surface area contributed by atoms with Gasteiger partial charge in [-0.1, -0.05) is 0 Å². The van der Waals surface area contributed by atoms with Crippen molar-refractivity contribution < 1.29 is 9.59 Å². The van der Waals surface area contributed by atoms with Crippen molar-refractivity contribution in [3.05, 3.63) is 23.8 Å². The number of carbonyl (C=O) groups excluding carboxylic acids is 2. The van der Waals surface area contributed by atoms with Gasteiger partial charge >= 0.3 is 0 Å². The Labute approximate surface area is 83.0 Å². The molecule has 66 valence electrons. The zero-order valence-electron chi connectivity index (χ0n) is 6.33. The van der Waals surface area contributed by atoms with Crippen molar-refractivity contribution in [1.29, 1.82) is 0 Å². The molecule has 0 spiro atoms. The normalized spacial score (nSPS) is 14.2. The van der Waals surface area contributed by atoms with E-state index in [1.165, 1.54) is 0 Å². The second-order valence-corrected chi connectivity index (χ2v) is 3.66. The van der Waals surface area contributed by atoms with Crippen LogP contribution < -0.4 is 5.32 Å². The molecule has 0 aromatic heterocycles. The smallest absolute Gasteiger partial charge is 0.296 e. The van der Waals surface area contributed by atoms with Crippen molar-refractivity contribution in [2.45, 2.75) is 4.90 Å². The van der Waals surface area contributed by atoms with Crippen molar-refractivity contribution in [3.63, 3.8) is 0 Å². The highest BCUT2D eigenvalue weighted by molar-refractivity contribution is 8.21. The topological polar surface area (TPSA) is 46.2 Å². The van der Waals surface area contributed by atoms with Crippen LogP contribution in [-0.4, -0.2) is 11.7 Å². The monoisotopic (exact) mass is 213 g/mol. The van der Waals surface area contributed by atoms with E-state index in [0.29, 0.717) is 11.3 Å². The summed E-state index contributed by atoms with van der Waals surface area (Å²) in [5, 5.41) is 2.46. The average Bonchev–Trinajstić information content (AvgIpc) is 2.43. The molecule has 5 heteroatoms. The molecule has 1 aliphatic rings. The van der Waals surface area contributed by atoms with Crippen molar-refractivity contribution in [2.75, 3.05) is 5.32 Å². The molecule has 0 atom stereocenters. The van der Waals surface area contributed by atoms with E-state index in [1.54, 1.807) is 18.2 Å². The summed E-state index contributed by atoms with van der Waals surface area (Å²) in [6.45, 7) is 0. The fourth-order valence-corrected chi connectivity index (χ4v) is 1.74. The first-order chi connectivity index (χ1) is 6.22. The predicted octanol–water partition coefficient (Wildman–Crippen LogP) is 2.07. The SMILES string of the molecule is O=C1Nc2ccc(SCl)cc2C1=O. The van der Waals surface area contributed by atoms with Gasteiger partial charge in [-0.25, -0.2) is 0 Å². The predicted molar refractivity (Wildman–Crippen MR) is 51.1 cm³/mol. The molecule has 0 saturated carbocycles. The van der Waals surface area contributed by atoms with Gasteiger partial charge in [0.05, 0.1) is 11.3 Å². The molecule has 0 aliphatic carbocycles. The maximum absolute atomic E-state index is 11.2. The first-order valence-corrected chi connectivity index (χ1v) is 5.15. The highest BCUT2D eigenvalue weighted by Crippen LogP contribution is 2.29. The van der Waals surface area contributed by atoms with Gasteiger partial charge in [-0.3, -0.25) is 9.59 Å². The summed E-state index contributed by atoms with van der Waals surface area (Å²) in [5.74, 6) is -1.07. The van der Waals surface area contributed by atoms with E-state index in [1.807, 2.05) is 0 Å². The van der Waals surface area contributed by atoms with Crippen molar-refractivity contribution >= 4 is 39.0 Å². The second-order valence-electron chi connectivity index (χ2n) is 2.57. The summed E-state index contributed by atoms with van der Waals surface area (Å²) >= 11 is 0. The fraction of sp³-hybridized carbons (Fsp3) is 0. The van der Waals surface area contributed by atoms with E-state index in [-0.39, 0.29) is 0 Å². The molecule has 1 amide bonds. The van der Waals surface area contributed by atoms with Crippen LogP contribution in [0.5, 0.6) is 0 Å². The maximum atomic E-state index is 11.2. The lowest BCUT2D eigenvalue weighted by molar-refractivity contribution is -0.112. The quantitative estimate of drug-likeness (QED) is 0.727. The van der Waals surface area contributed by atoms with Gasteiger partial charge in [0.15, 0.2) is 0 Å². The van der Waals surface area contributed by atoms with E-state index in [2.05, 4.69) is 5.32 Å². The van der Waals surface area contributed by atoms with Crippen LogP contribution in [-0.2, 0) is 4.79 Å². The zero-order chi connectivity index (χ0) is 9.42. The first-order valence-electron chi connectivity index (χ1n) is 3.50. The molecule has 13 heavy (non-hydrogen) atoms. The number of halogens is 1. The Balaban J connectivity index is 2.54. The molecule has 1 heterocycles. The average molecular weight is 214 g/mol. The van der Waals surface area contributed by atoms with Gasteiger partial charge in [0, 0.05) is 4.90 Å². The molecule has 0 radical (unpaired) electrons. The number of anilines is 1. The number of ketones is 1. The number of carbonyl (C=O) groups is 2. The highest BCUT2D eigenvalue weighted by Gasteiger charge is 2.27. The molecule has 0 unspecified atom stereocenters. The minimum atomic E-state index is -0.577. The van der Waals surface area contributed by atoms with Crippen LogP contribution in [0.1, 0.15) is 10.4 Å². The van der Waals surface area contributed by atoms with E-state index in [4.69, 9.17) is 10.7 Å². The summed E-state index contributed by atoms with van der Waals surface area (Å²) in [7, 11) is 6.53. The van der Waals surface area contributed by atoms with Crippen LogP contribution in [0.3, 0.4) is 0 Å². The van der Waals surface area contributed by atoms with E-state index < -0.39 is 11.7 Å². The molecule has 0 fully saturated rings. The number of fused-ring (bicyclic) bond motifs is 1. The van der Waals surface area contributed by atoms with Crippen LogP contribution in [0.15, 0.2) is 23.1 Å². The molecular weight excluding hydrogens is 210 g/mol. The molecule has 1 aromatic carbocycles. The number of nitrogens with one attached hydrogen (secondary N) is 1. The molecule has 3 nitrogen and oxygen atoms in total. The summed E-state index contributed by atoms with van der Waals surface area (Å²) in [6.07, 6.45) is 0. The third kappa shape index (κ3) is 1.32. The third-order valence-electron chi connectivity index (χ3n) is 1.78. The Hall–Kier alpha value is -1.00. The molecule has 1 aliphatic heterocycles. The van der Waals surface area contributed by atoms with E-state index in [0.717, 1.165) is 15.9 Å². The second kappa shape index (κ2) is 3.05. The van der Waals surface area contributed by atoms with Crippen LogP contribution in [0.2, 0.25) is 0 Å². The fourth-order valence-electron chi connectivity index (χ4n) is 1.17. The highest BCUT2D eigenvalue weighted by atomic mass is 35.7. The van der Waals surface area contributed by atoms with Gasteiger partial charge in [0.2, 0.25) is 0 Å². The lowest BCUT2D eigenvalue weighted by Crippen LogP contribution is -2.12. The Kier molecular flexibility index (Phi) is 2.01. The van der Waals surface area contributed by atoms with Crippen LogP contribution in [0.4, 0.5) is 5.69 Å². The van der Waals surface area contributed by atoms with Crippen molar-refractivity contribution in [3.8, 4) is 0 Å². The Morgan fingerprint density at radius 2 is 2.08 bits per heavy atom. The first kappa shape index (κ1) is 8.59. The van der Waals surface area contributed by atoms with Gasteiger partial charge in [-0.15, -0.1) is 0 Å². The lowest BCUT2D eigenvalue weighted by Gasteiger charge is -1.97. The summed E-state index contributed by atoms with van der Waals surface area (Å²) in [6, 6.07) is 5.02. The van der Waals surface area contributed by atoms with Crippen molar-refractivity contribution in [1.82, 2.24) is 0 Å². The number of benzene rings is 1. The largest absolute Gasteiger partial charge is 0.318 e. The van der Waals surface area contributed by atoms with Gasteiger partial charge < -0.3 is 5.32 Å². The molecule has 2 rings (SSSR count). The number of hydrogen-bond acceptors (Lipinski definition) is 3.